The van der Waals surface area contributed by atoms with E-state index in [1.807, 2.05) is 81.4 Å². The maximum atomic E-state index is 14.4. The normalized spacial score (nSPS) is 13.3. The van der Waals surface area contributed by atoms with Gasteiger partial charge in [-0.05, 0) is 62.9 Å². The number of aliphatic hydroxyl groups excluding tert-OH is 1. The second kappa shape index (κ2) is 15.4. The number of benzene rings is 3. The Bertz CT molecular complexity index is 1400. The molecule has 5 N–H and O–H groups in total. The number of nitrogens with one attached hydrogen (secondary N) is 1. The summed E-state index contributed by atoms with van der Waals surface area (Å²) in [6.45, 7) is 13.4. The van der Waals surface area contributed by atoms with Crippen molar-refractivity contribution in [2.75, 3.05) is 6.54 Å². The Balaban J connectivity index is 2.12. The number of ketones is 1. The maximum Gasteiger partial charge on any atom is 0.336 e. The molecule has 9 heteroatoms. The monoisotopic (exact) mass is 601 g/mol. The van der Waals surface area contributed by atoms with Gasteiger partial charge in [-0.2, -0.15) is 0 Å². The van der Waals surface area contributed by atoms with Crippen LogP contribution in [-0.2, 0) is 17.9 Å². The van der Waals surface area contributed by atoms with Gasteiger partial charge in [-0.15, -0.1) is 0 Å². The average molecular weight is 602 g/mol. The lowest BCUT2D eigenvalue weighted by Crippen LogP contribution is -2.48. The van der Waals surface area contributed by atoms with Crippen molar-refractivity contribution in [1.82, 2.24) is 5.32 Å². The number of hydrogen-bond acceptors (Lipinski definition) is 8. The number of likely N-dealkylation sites (N-methyl/N-ethyl adjacent to an activating group) is 1. The Kier molecular flexibility index (Phi) is 12.2. The smallest absolute Gasteiger partial charge is 0.336 e. The second-order valence-corrected chi connectivity index (χ2v) is 12.1. The summed E-state index contributed by atoms with van der Waals surface area (Å²) in [6, 6.07) is 23.0. The van der Waals surface area contributed by atoms with Crippen molar-refractivity contribution in [2.45, 2.75) is 85.0 Å². The number of carbonyl (C=O) groups excluding carboxylic acids is 1. The summed E-state index contributed by atoms with van der Waals surface area (Å²) in [5.41, 5.74) is 6.83. The number of aliphatic hydroxyl groups is 2. The van der Waals surface area contributed by atoms with E-state index in [4.69, 9.17) is 19.9 Å². The molecule has 0 fully saturated rings. The van der Waals surface area contributed by atoms with Gasteiger partial charge in [-0.3, -0.25) is 10.1 Å². The highest BCUT2D eigenvalue weighted by atomic mass is 16.5. The standard InChI is InChI=1S/C35H46BN2O6/c1-8-38-33(40)31(37)30(36-44-35(6,7)34(4,5)41)32(39)27-19-26(23(2)3)28(42-21-24-15-11-9-12-16-24)20-29(27)43-22-25-17-13-10-14-18-25/h9-20,23,33,38,40-41H,8,21-22,37H2,1-7H3. The predicted molar refractivity (Wildman–Crippen MR) is 175 cm³/mol. The van der Waals surface area contributed by atoms with Crippen molar-refractivity contribution in [3.05, 3.63) is 106 Å². The van der Waals surface area contributed by atoms with Crippen LogP contribution in [0.15, 0.2) is 84.0 Å². The third-order valence-electron chi connectivity index (χ3n) is 7.65. The molecule has 44 heavy (non-hydrogen) atoms. The molecule has 0 bridgehead atoms. The van der Waals surface area contributed by atoms with Gasteiger partial charge < -0.3 is 30.1 Å². The first-order chi connectivity index (χ1) is 20.7. The van der Waals surface area contributed by atoms with Gasteiger partial charge in [0.05, 0.1) is 22.5 Å². The molecule has 0 amide bonds. The summed E-state index contributed by atoms with van der Waals surface area (Å²) < 4.78 is 18.5. The number of Topliss-reactive ketones (excluding diaryl/α,β-unsaturated/α-hetero) is 1. The van der Waals surface area contributed by atoms with Crippen LogP contribution in [0.2, 0.25) is 0 Å². The molecule has 3 aromatic carbocycles. The highest BCUT2D eigenvalue weighted by Gasteiger charge is 2.37. The summed E-state index contributed by atoms with van der Waals surface area (Å²) in [5.74, 6) is 0.385. The Morgan fingerprint density at radius 3 is 1.91 bits per heavy atom. The van der Waals surface area contributed by atoms with Crippen molar-refractivity contribution in [2.24, 2.45) is 5.73 Å². The molecule has 0 aliphatic heterocycles. The minimum atomic E-state index is -1.31. The van der Waals surface area contributed by atoms with Gasteiger partial charge in [-0.25, -0.2) is 0 Å². The van der Waals surface area contributed by atoms with Crippen LogP contribution in [0, 0.1) is 0 Å². The van der Waals surface area contributed by atoms with E-state index in [-0.39, 0.29) is 29.3 Å². The Morgan fingerprint density at radius 1 is 0.909 bits per heavy atom. The molecular formula is C35H46BN2O6. The summed E-state index contributed by atoms with van der Waals surface area (Å²) in [7, 11) is 1.21. The molecule has 3 aromatic rings. The molecular weight excluding hydrogens is 555 g/mol. The van der Waals surface area contributed by atoms with Gasteiger partial charge in [0.25, 0.3) is 0 Å². The van der Waals surface area contributed by atoms with Gasteiger partial charge in [0.1, 0.15) is 30.9 Å². The third-order valence-corrected chi connectivity index (χ3v) is 7.65. The van der Waals surface area contributed by atoms with Gasteiger partial charge in [0.2, 0.25) is 0 Å². The first-order valence-electron chi connectivity index (χ1n) is 15.0. The minimum Gasteiger partial charge on any atom is -0.488 e. The molecule has 0 spiro atoms. The van der Waals surface area contributed by atoms with E-state index in [0.717, 1.165) is 16.7 Å². The van der Waals surface area contributed by atoms with Crippen molar-refractivity contribution in [3.63, 3.8) is 0 Å². The fraction of sp³-hybridized carbons (Fsp3) is 0.400. The zero-order chi connectivity index (χ0) is 32.5. The molecule has 235 valence electrons. The Hall–Kier alpha value is -3.63. The molecule has 0 aliphatic rings. The van der Waals surface area contributed by atoms with Crippen LogP contribution in [0.3, 0.4) is 0 Å². The number of hydrogen-bond donors (Lipinski definition) is 4. The van der Waals surface area contributed by atoms with Crippen LogP contribution >= 0.6 is 0 Å². The van der Waals surface area contributed by atoms with Crippen molar-refractivity contribution in [3.8, 4) is 11.5 Å². The molecule has 1 radical (unpaired) electrons. The highest BCUT2D eigenvalue weighted by Crippen LogP contribution is 2.36. The zero-order valence-electron chi connectivity index (χ0n) is 26.9. The van der Waals surface area contributed by atoms with E-state index in [0.29, 0.717) is 24.7 Å². The average Bonchev–Trinajstić information content (AvgIpc) is 2.99. The maximum absolute atomic E-state index is 14.4. The van der Waals surface area contributed by atoms with E-state index in [1.54, 1.807) is 39.8 Å². The van der Waals surface area contributed by atoms with Crippen molar-refractivity contribution < 1.29 is 29.1 Å². The summed E-state index contributed by atoms with van der Waals surface area (Å²) in [4.78, 5) is 14.4. The third kappa shape index (κ3) is 9.19. The predicted octanol–water partition coefficient (Wildman–Crippen LogP) is 5.43. The molecule has 0 aromatic heterocycles. The topological polar surface area (TPSA) is 123 Å². The van der Waals surface area contributed by atoms with E-state index in [2.05, 4.69) is 5.32 Å². The molecule has 1 unspecified atom stereocenters. The SMILES string of the molecule is CCNC(O)C(N)=C([B]OC(C)(C)C(C)(C)O)C(=O)c1cc(C(C)C)c(OCc2ccccc2)cc1OCc1ccccc1. The molecule has 0 heterocycles. The van der Waals surface area contributed by atoms with E-state index >= 15 is 0 Å². The van der Waals surface area contributed by atoms with Crippen LogP contribution in [0.1, 0.15) is 81.4 Å². The van der Waals surface area contributed by atoms with Crippen molar-refractivity contribution in [1.29, 1.82) is 0 Å². The molecule has 3 rings (SSSR count). The number of rotatable bonds is 16. The van der Waals surface area contributed by atoms with Crippen LogP contribution in [-0.4, -0.2) is 47.5 Å². The second-order valence-electron chi connectivity index (χ2n) is 12.1. The van der Waals surface area contributed by atoms with E-state index in [1.165, 1.54) is 7.48 Å². The van der Waals surface area contributed by atoms with Crippen LogP contribution in [0.4, 0.5) is 0 Å². The van der Waals surface area contributed by atoms with Gasteiger partial charge in [-0.1, -0.05) is 81.4 Å². The van der Waals surface area contributed by atoms with Crippen LogP contribution in [0.5, 0.6) is 11.5 Å². The number of nitrogens with two attached hydrogens (primary N) is 1. The number of allylic oxidation sites excluding steroid dienone is 1. The number of ether oxygens (including phenoxy) is 2. The molecule has 1 atom stereocenters. The minimum absolute atomic E-state index is 0.00183. The molecule has 0 saturated carbocycles. The summed E-state index contributed by atoms with van der Waals surface area (Å²) >= 11 is 0. The quantitative estimate of drug-likeness (QED) is 0.0742. The fourth-order valence-electron chi connectivity index (χ4n) is 4.12. The lowest BCUT2D eigenvalue weighted by atomic mass is 9.76. The highest BCUT2D eigenvalue weighted by molar-refractivity contribution is 6.51. The van der Waals surface area contributed by atoms with Crippen LogP contribution in [0.25, 0.3) is 0 Å². The molecule has 8 nitrogen and oxygen atoms in total. The van der Waals surface area contributed by atoms with Crippen molar-refractivity contribution >= 4 is 13.3 Å². The number of carbonyl (C=O) groups is 1. The fourth-order valence-corrected chi connectivity index (χ4v) is 4.12. The van der Waals surface area contributed by atoms with E-state index in [9.17, 15) is 15.0 Å². The first kappa shape index (κ1) is 34.9. The van der Waals surface area contributed by atoms with Crippen LogP contribution < -0.4 is 20.5 Å². The summed E-state index contributed by atoms with van der Waals surface area (Å²) in [5, 5.41) is 24.2. The van der Waals surface area contributed by atoms with E-state index < -0.39 is 23.2 Å². The first-order valence-corrected chi connectivity index (χ1v) is 15.0. The summed E-state index contributed by atoms with van der Waals surface area (Å²) in [6.07, 6.45) is -1.31. The van der Waals surface area contributed by atoms with Gasteiger partial charge in [0, 0.05) is 11.5 Å². The lowest BCUT2D eigenvalue weighted by Gasteiger charge is -2.37. The van der Waals surface area contributed by atoms with Gasteiger partial charge >= 0.3 is 7.48 Å². The Labute approximate surface area is 262 Å². The molecule has 0 saturated heterocycles. The Morgan fingerprint density at radius 2 is 1.43 bits per heavy atom. The zero-order valence-corrected chi connectivity index (χ0v) is 26.9. The lowest BCUT2D eigenvalue weighted by molar-refractivity contribution is -0.0896. The van der Waals surface area contributed by atoms with Gasteiger partial charge in [0.15, 0.2) is 5.78 Å². The largest absolute Gasteiger partial charge is 0.488 e. The molecule has 0 aliphatic carbocycles.